The highest BCUT2D eigenvalue weighted by Gasteiger charge is 2.34. The van der Waals surface area contributed by atoms with E-state index in [-0.39, 0.29) is 0 Å². The van der Waals surface area contributed by atoms with Gasteiger partial charge in [-0.05, 0) is 39.4 Å². The Balaban J connectivity index is 1.57. The number of carbonyl (C=O) groups is 1. The maximum atomic E-state index is 11.8. The van der Waals surface area contributed by atoms with E-state index in [1.165, 1.54) is 0 Å². The maximum absolute atomic E-state index is 11.8. The lowest BCUT2D eigenvalue weighted by atomic mass is 10.00. The molecule has 0 bridgehead atoms. The molecule has 0 fully saturated rings. The number of carboxylic acid groups (broad SMARTS) is 1. The molecule has 0 spiro atoms. The van der Waals surface area contributed by atoms with Gasteiger partial charge in [0.05, 0.1) is 13.1 Å². The van der Waals surface area contributed by atoms with E-state index in [1.54, 1.807) is 16.0 Å². The molecule has 0 amide bonds. The highest BCUT2D eigenvalue weighted by atomic mass is 32.1. The third-order valence-corrected chi connectivity index (χ3v) is 5.42. The van der Waals surface area contributed by atoms with Crippen molar-refractivity contribution >= 4 is 17.3 Å². The van der Waals surface area contributed by atoms with Crippen molar-refractivity contribution in [2.45, 2.75) is 25.6 Å². The van der Waals surface area contributed by atoms with Crippen LogP contribution in [0.5, 0.6) is 0 Å². The summed E-state index contributed by atoms with van der Waals surface area (Å²) in [6.45, 7) is 1.66. The van der Waals surface area contributed by atoms with E-state index in [9.17, 15) is 9.90 Å². The largest absolute Gasteiger partial charge is 0.480 e. The molecule has 1 aliphatic heterocycles. The summed E-state index contributed by atoms with van der Waals surface area (Å²) in [5.41, 5.74) is 2.00. The van der Waals surface area contributed by atoms with E-state index < -0.39 is 12.0 Å². The molecule has 1 N–H and O–H groups in total. The van der Waals surface area contributed by atoms with Crippen LogP contribution >= 0.6 is 11.3 Å². The Morgan fingerprint density at radius 3 is 2.88 bits per heavy atom. The summed E-state index contributed by atoms with van der Waals surface area (Å²) in [6, 6.07) is 11.2. The monoisotopic (exact) mass is 355 g/mol. The summed E-state index contributed by atoms with van der Waals surface area (Å²) >= 11 is 1.63. The van der Waals surface area contributed by atoms with Gasteiger partial charge < -0.3 is 5.11 Å². The molecule has 4 rings (SSSR count). The number of hydrogen-bond donors (Lipinski definition) is 1. The predicted molar refractivity (Wildman–Crippen MR) is 92.2 cm³/mol. The molecular weight excluding hydrogens is 338 g/mol. The van der Waals surface area contributed by atoms with Crippen LogP contribution in [0.3, 0.4) is 0 Å². The molecule has 2 aromatic heterocycles. The number of tetrazole rings is 1. The first kappa shape index (κ1) is 15.9. The molecular formula is C17H17N5O2S. The van der Waals surface area contributed by atoms with E-state index in [1.807, 2.05) is 46.7 Å². The first-order chi connectivity index (χ1) is 12.2. The van der Waals surface area contributed by atoms with Crippen molar-refractivity contribution in [2.24, 2.45) is 0 Å². The van der Waals surface area contributed by atoms with Gasteiger partial charge in [0.15, 0.2) is 5.82 Å². The average Bonchev–Trinajstić information content (AvgIpc) is 3.25. The number of nitrogens with zero attached hydrogens (tertiary/aromatic N) is 5. The van der Waals surface area contributed by atoms with Gasteiger partial charge in [-0.15, -0.1) is 16.4 Å². The topological polar surface area (TPSA) is 84.1 Å². The molecule has 7 nitrogen and oxygen atoms in total. The molecule has 3 heterocycles. The number of aromatic nitrogens is 4. The number of rotatable bonds is 5. The Morgan fingerprint density at radius 1 is 1.24 bits per heavy atom. The number of fused-ring (bicyclic) bond motifs is 1. The number of thiophene rings is 1. The number of carboxylic acids is 1. The summed E-state index contributed by atoms with van der Waals surface area (Å²) in [7, 11) is 0. The van der Waals surface area contributed by atoms with Crippen molar-refractivity contribution in [3.8, 4) is 0 Å². The summed E-state index contributed by atoms with van der Waals surface area (Å²) < 4.78 is 1.73. The molecule has 1 aromatic carbocycles. The number of benzene rings is 1. The lowest BCUT2D eigenvalue weighted by Crippen LogP contribution is -2.39. The van der Waals surface area contributed by atoms with Gasteiger partial charge in [-0.25, -0.2) is 4.68 Å². The zero-order chi connectivity index (χ0) is 17.2. The van der Waals surface area contributed by atoms with Crippen molar-refractivity contribution < 1.29 is 9.90 Å². The van der Waals surface area contributed by atoms with Crippen LogP contribution in [0.15, 0.2) is 41.8 Å². The van der Waals surface area contributed by atoms with Gasteiger partial charge >= 0.3 is 5.97 Å². The minimum Gasteiger partial charge on any atom is -0.480 e. The molecule has 0 aliphatic carbocycles. The van der Waals surface area contributed by atoms with E-state index in [4.69, 9.17) is 0 Å². The second-order valence-electron chi connectivity index (χ2n) is 6.00. The molecule has 0 saturated carbocycles. The van der Waals surface area contributed by atoms with E-state index in [2.05, 4.69) is 15.5 Å². The van der Waals surface area contributed by atoms with Crippen LogP contribution in [0, 0.1) is 0 Å². The van der Waals surface area contributed by atoms with Crippen molar-refractivity contribution in [1.29, 1.82) is 0 Å². The van der Waals surface area contributed by atoms with Crippen LogP contribution in [-0.4, -0.2) is 42.7 Å². The molecule has 8 heteroatoms. The van der Waals surface area contributed by atoms with Crippen molar-refractivity contribution in [3.63, 3.8) is 0 Å². The van der Waals surface area contributed by atoms with Crippen LogP contribution in [0.2, 0.25) is 0 Å². The fourth-order valence-corrected chi connectivity index (χ4v) is 4.13. The lowest BCUT2D eigenvalue weighted by molar-refractivity contribution is -0.144. The Morgan fingerprint density at radius 2 is 2.08 bits per heavy atom. The first-order valence-electron chi connectivity index (χ1n) is 8.04. The van der Waals surface area contributed by atoms with E-state index in [0.29, 0.717) is 25.5 Å². The SMILES string of the molecule is O=C(O)C1c2ccsc2CCN1Cc1nnnn1Cc1ccccc1. The quantitative estimate of drug-likeness (QED) is 0.753. The van der Waals surface area contributed by atoms with E-state index in [0.717, 1.165) is 22.4 Å². The molecule has 3 aromatic rings. The Hall–Kier alpha value is -2.58. The summed E-state index contributed by atoms with van der Waals surface area (Å²) in [5.74, 6) is -0.157. The summed E-state index contributed by atoms with van der Waals surface area (Å²) in [5, 5.41) is 23.6. The van der Waals surface area contributed by atoms with Crippen LogP contribution < -0.4 is 0 Å². The van der Waals surface area contributed by atoms with Crippen LogP contribution in [0.25, 0.3) is 0 Å². The number of aliphatic carboxylic acids is 1. The highest BCUT2D eigenvalue weighted by molar-refractivity contribution is 7.10. The Kier molecular flexibility index (Phi) is 4.29. The van der Waals surface area contributed by atoms with Crippen molar-refractivity contribution in [3.05, 3.63) is 63.6 Å². The van der Waals surface area contributed by atoms with Gasteiger partial charge in [-0.3, -0.25) is 9.69 Å². The molecule has 128 valence electrons. The number of hydrogen-bond acceptors (Lipinski definition) is 6. The van der Waals surface area contributed by atoms with Gasteiger partial charge in [0.1, 0.15) is 6.04 Å². The minimum absolute atomic E-state index is 0.409. The molecule has 1 aliphatic rings. The van der Waals surface area contributed by atoms with Crippen LogP contribution in [0.1, 0.15) is 27.9 Å². The molecule has 1 atom stereocenters. The normalized spacial score (nSPS) is 17.4. The average molecular weight is 355 g/mol. The smallest absolute Gasteiger partial charge is 0.325 e. The zero-order valence-electron chi connectivity index (χ0n) is 13.4. The van der Waals surface area contributed by atoms with Crippen LogP contribution in [-0.2, 0) is 24.3 Å². The zero-order valence-corrected chi connectivity index (χ0v) is 14.3. The van der Waals surface area contributed by atoms with Gasteiger partial charge in [0, 0.05) is 11.4 Å². The maximum Gasteiger partial charge on any atom is 0.325 e. The fraction of sp³-hybridized carbons (Fsp3) is 0.294. The highest BCUT2D eigenvalue weighted by Crippen LogP contribution is 2.34. The third-order valence-electron chi connectivity index (χ3n) is 4.43. The van der Waals surface area contributed by atoms with Gasteiger partial charge in [0.25, 0.3) is 0 Å². The van der Waals surface area contributed by atoms with Crippen molar-refractivity contribution in [1.82, 2.24) is 25.1 Å². The summed E-state index contributed by atoms with van der Waals surface area (Å²) in [4.78, 5) is 14.9. The molecule has 0 saturated heterocycles. The van der Waals surface area contributed by atoms with E-state index >= 15 is 0 Å². The van der Waals surface area contributed by atoms with Crippen LogP contribution in [0.4, 0.5) is 0 Å². The van der Waals surface area contributed by atoms with Crippen molar-refractivity contribution in [2.75, 3.05) is 6.54 Å². The van der Waals surface area contributed by atoms with Gasteiger partial charge in [-0.1, -0.05) is 30.3 Å². The minimum atomic E-state index is -0.832. The van der Waals surface area contributed by atoms with Gasteiger partial charge in [-0.2, -0.15) is 0 Å². The Bertz CT molecular complexity index is 876. The predicted octanol–water partition coefficient (Wildman–Crippen LogP) is 1.97. The second-order valence-corrected chi connectivity index (χ2v) is 7.00. The summed E-state index contributed by atoms with van der Waals surface area (Å²) in [6.07, 6.45) is 0.858. The molecule has 25 heavy (non-hydrogen) atoms. The lowest BCUT2D eigenvalue weighted by Gasteiger charge is -2.32. The molecule has 1 unspecified atom stereocenters. The fourth-order valence-electron chi connectivity index (χ4n) is 3.23. The Labute approximate surface area is 148 Å². The third kappa shape index (κ3) is 3.18. The first-order valence-corrected chi connectivity index (χ1v) is 8.92. The standard InChI is InChI=1S/C17H17N5O2S/c23-17(24)16-13-7-9-25-14(13)6-8-21(16)11-15-18-19-20-22(15)10-12-4-2-1-3-5-12/h1-5,7,9,16H,6,8,10-11H2,(H,23,24). The molecule has 0 radical (unpaired) electrons. The van der Waals surface area contributed by atoms with Gasteiger partial charge in [0.2, 0.25) is 0 Å². The second kappa shape index (κ2) is 6.73.